The van der Waals surface area contributed by atoms with E-state index >= 15 is 0 Å². The first-order chi connectivity index (χ1) is 11.8. The summed E-state index contributed by atoms with van der Waals surface area (Å²) in [5.74, 6) is 0.181. The molecule has 0 aliphatic heterocycles. The third-order valence-electron chi connectivity index (χ3n) is 3.67. The monoisotopic (exact) mass is 321 g/mol. The van der Waals surface area contributed by atoms with E-state index in [1.807, 2.05) is 12.1 Å². The lowest BCUT2D eigenvalue weighted by molar-refractivity contribution is 0.413. The van der Waals surface area contributed by atoms with E-state index < -0.39 is 5.82 Å². The van der Waals surface area contributed by atoms with Crippen LogP contribution in [0.2, 0.25) is 0 Å². The quantitative estimate of drug-likeness (QED) is 0.627. The van der Waals surface area contributed by atoms with E-state index in [4.69, 9.17) is 4.74 Å². The van der Waals surface area contributed by atoms with Crippen molar-refractivity contribution in [2.24, 2.45) is 0 Å². The summed E-state index contributed by atoms with van der Waals surface area (Å²) in [5, 5.41) is 7.17. The predicted molar refractivity (Wildman–Crippen MR) is 86.9 cm³/mol. The number of methoxy groups -OCH3 is 1. The number of fused-ring (bicyclic) bond motifs is 1. The molecule has 1 N–H and O–H groups in total. The minimum atomic E-state index is -0.442. The zero-order valence-corrected chi connectivity index (χ0v) is 12.7. The molecular formula is C17H12FN5O. The Labute approximate surface area is 136 Å². The molecule has 0 aliphatic rings. The molecular weight excluding hydrogens is 309 g/mol. The topological polar surface area (TPSA) is 76.6 Å². The first-order valence-electron chi connectivity index (χ1n) is 7.22. The Morgan fingerprint density at radius 1 is 1.12 bits per heavy atom. The summed E-state index contributed by atoms with van der Waals surface area (Å²) in [6.45, 7) is 0. The Morgan fingerprint density at radius 3 is 2.75 bits per heavy atom. The summed E-state index contributed by atoms with van der Waals surface area (Å²) in [4.78, 5) is 12.7. The number of hydrogen-bond acceptors (Lipinski definition) is 5. The van der Waals surface area contributed by atoms with Gasteiger partial charge in [0.25, 0.3) is 0 Å². The van der Waals surface area contributed by atoms with Gasteiger partial charge in [0.2, 0.25) is 0 Å². The van der Waals surface area contributed by atoms with Crippen molar-refractivity contribution >= 4 is 11.0 Å². The number of ether oxygens (including phenoxy) is 1. The molecule has 3 aromatic heterocycles. The lowest BCUT2D eigenvalue weighted by atomic mass is 10.1. The van der Waals surface area contributed by atoms with E-state index in [0.29, 0.717) is 22.5 Å². The summed E-state index contributed by atoms with van der Waals surface area (Å²) in [7, 11) is 1.48. The van der Waals surface area contributed by atoms with E-state index in [0.717, 1.165) is 5.56 Å². The lowest BCUT2D eigenvalue weighted by Gasteiger charge is -2.08. The molecule has 6 nitrogen and oxygen atoms in total. The standard InChI is InChI=1S/C17H12FN5O/c1-24-13-4-2-3-11(18)14(13)17-20-9-12-16(21-17)15(23-22-12)10-5-7-19-8-6-10/h2-9H,1H3,(H,22,23). The summed E-state index contributed by atoms with van der Waals surface area (Å²) in [6.07, 6.45) is 4.94. The van der Waals surface area contributed by atoms with Crippen LogP contribution >= 0.6 is 0 Å². The molecule has 0 spiro atoms. The van der Waals surface area contributed by atoms with Crippen LogP contribution in [0.3, 0.4) is 0 Å². The van der Waals surface area contributed by atoms with Crippen LogP contribution in [0.25, 0.3) is 33.7 Å². The second kappa shape index (κ2) is 5.69. The summed E-state index contributed by atoms with van der Waals surface area (Å²) < 4.78 is 19.5. The van der Waals surface area contributed by atoms with Crippen LogP contribution in [0.5, 0.6) is 5.75 Å². The van der Waals surface area contributed by atoms with Gasteiger partial charge in [0.15, 0.2) is 5.82 Å². The van der Waals surface area contributed by atoms with Gasteiger partial charge in [-0.2, -0.15) is 5.10 Å². The van der Waals surface area contributed by atoms with Crippen molar-refractivity contribution in [3.63, 3.8) is 0 Å². The maximum absolute atomic E-state index is 14.3. The molecule has 1 aromatic carbocycles. The second-order valence-electron chi connectivity index (χ2n) is 5.08. The molecule has 0 atom stereocenters. The Balaban J connectivity index is 1.94. The molecule has 0 radical (unpaired) electrons. The number of pyridine rings is 1. The van der Waals surface area contributed by atoms with Gasteiger partial charge in [-0.15, -0.1) is 0 Å². The van der Waals surface area contributed by atoms with Gasteiger partial charge in [0, 0.05) is 18.0 Å². The predicted octanol–water partition coefficient (Wildman–Crippen LogP) is 3.23. The molecule has 7 heteroatoms. The second-order valence-corrected chi connectivity index (χ2v) is 5.08. The number of benzene rings is 1. The largest absolute Gasteiger partial charge is 0.496 e. The van der Waals surface area contributed by atoms with Gasteiger partial charge < -0.3 is 4.74 Å². The fourth-order valence-electron chi connectivity index (χ4n) is 2.54. The Morgan fingerprint density at radius 2 is 1.96 bits per heavy atom. The van der Waals surface area contributed by atoms with E-state index in [-0.39, 0.29) is 11.4 Å². The van der Waals surface area contributed by atoms with Gasteiger partial charge in [0.05, 0.1) is 18.9 Å². The molecule has 4 aromatic rings. The van der Waals surface area contributed by atoms with Crippen molar-refractivity contribution in [2.75, 3.05) is 7.11 Å². The highest BCUT2D eigenvalue weighted by molar-refractivity contribution is 5.90. The number of aromatic nitrogens is 5. The number of H-pyrrole nitrogens is 1. The molecule has 0 saturated carbocycles. The normalized spacial score (nSPS) is 10.9. The molecule has 0 unspecified atom stereocenters. The average molecular weight is 321 g/mol. The van der Waals surface area contributed by atoms with Crippen LogP contribution in [0.1, 0.15) is 0 Å². The van der Waals surface area contributed by atoms with Gasteiger partial charge in [0.1, 0.15) is 28.3 Å². The van der Waals surface area contributed by atoms with E-state index in [1.54, 1.807) is 30.7 Å². The molecule has 4 rings (SSSR count). The number of nitrogens with one attached hydrogen (secondary N) is 1. The number of hydrogen-bond donors (Lipinski definition) is 1. The van der Waals surface area contributed by atoms with Gasteiger partial charge >= 0.3 is 0 Å². The Hall–Kier alpha value is -3.35. The van der Waals surface area contributed by atoms with Gasteiger partial charge in [-0.25, -0.2) is 14.4 Å². The minimum Gasteiger partial charge on any atom is -0.496 e. The first-order valence-corrected chi connectivity index (χ1v) is 7.22. The summed E-state index contributed by atoms with van der Waals surface area (Å²) in [5.41, 5.74) is 3.02. The van der Waals surface area contributed by atoms with Crippen LogP contribution in [0.4, 0.5) is 4.39 Å². The molecule has 0 bridgehead atoms. The van der Waals surface area contributed by atoms with E-state index in [9.17, 15) is 4.39 Å². The van der Waals surface area contributed by atoms with Crippen LogP contribution in [0, 0.1) is 5.82 Å². The summed E-state index contributed by atoms with van der Waals surface area (Å²) >= 11 is 0. The number of rotatable bonds is 3. The smallest absolute Gasteiger partial charge is 0.166 e. The van der Waals surface area contributed by atoms with Crippen LogP contribution in [-0.4, -0.2) is 32.3 Å². The van der Waals surface area contributed by atoms with Gasteiger partial charge in [-0.05, 0) is 24.3 Å². The van der Waals surface area contributed by atoms with Crippen LogP contribution < -0.4 is 4.74 Å². The summed E-state index contributed by atoms with van der Waals surface area (Å²) in [6, 6.07) is 8.27. The highest BCUT2D eigenvalue weighted by atomic mass is 19.1. The lowest BCUT2D eigenvalue weighted by Crippen LogP contribution is -1.96. The Kier molecular flexibility index (Phi) is 3.38. The minimum absolute atomic E-state index is 0.226. The zero-order valence-electron chi connectivity index (χ0n) is 12.7. The fourth-order valence-corrected chi connectivity index (χ4v) is 2.54. The Bertz CT molecular complexity index is 1020. The maximum Gasteiger partial charge on any atom is 0.166 e. The SMILES string of the molecule is COc1cccc(F)c1-c1ncc2[nH]nc(-c3ccncc3)c2n1. The van der Waals surface area contributed by atoms with E-state index in [2.05, 4.69) is 25.1 Å². The number of aromatic amines is 1. The molecule has 0 fully saturated rings. The molecule has 118 valence electrons. The van der Waals surface area contributed by atoms with Crippen molar-refractivity contribution in [2.45, 2.75) is 0 Å². The third kappa shape index (κ3) is 2.26. The van der Waals surface area contributed by atoms with Crippen molar-refractivity contribution in [1.82, 2.24) is 25.1 Å². The van der Waals surface area contributed by atoms with Crippen molar-refractivity contribution in [3.8, 4) is 28.4 Å². The van der Waals surface area contributed by atoms with Crippen molar-refractivity contribution < 1.29 is 9.13 Å². The highest BCUT2D eigenvalue weighted by Crippen LogP contribution is 2.32. The third-order valence-corrected chi connectivity index (χ3v) is 3.67. The molecule has 0 saturated heterocycles. The van der Waals surface area contributed by atoms with Gasteiger partial charge in [-0.1, -0.05) is 6.07 Å². The van der Waals surface area contributed by atoms with Crippen molar-refractivity contribution in [1.29, 1.82) is 0 Å². The number of nitrogens with zero attached hydrogens (tertiary/aromatic N) is 4. The number of halogens is 1. The van der Waals surface area contributed by atoms with Crippen LogP contribution in [0.15, 0.2) is 48.9 Å². The van der Waals surface area contributed by atoms with Crippen LogP contribution in [-0.2, 0) is 0 Å². The molecule has 0 amide bonds. The zero-order chi connectivity index (χ0) is 16.5. The molecule has 3 heterocycles. The molecule has 0 aliphatic carbocycles. The first kappa shape index (κ1) is 14.3. The fraction of sp³-hybridized carbons (Fsp3) is 0.0588. The molecule has 24 heavy (non-hydrogen) atoms. The average Bonchev–Trinajstić information content (AvgIpc) is 3.05. The van der Waals surface area contributed by atoms with E-state index in [1.165, 1.54) is 13.2 Å². The maximum atomic E-state index is 14.3. The van der Waals surface area contributed by atoms with Gasteiger partial charge in [-0.3, -0.25) is 10.1 Å². The highest BCUT2D eigenvalue weighted by Gasteiger charge is 2.17. The van der Waals surface area contributed by atoms with Crippen molar-refractivity contribution in [3.05, 3.63) is 54.7 Å².